The molecule has 1 N–H and O–H groups in total. The van der Waals surface area contributed by atoms with Crippen molar-refractivity contribution < 1.29 is 14.7 Å². The van der Waals surface area contributed by atoms with Crippen molar-refractivity contribution in [3.05, 3.63) is 40.9 Å². The first kappa shape index (κ1) is 11.3. The molecule has 5 heteroatoms. The first-order valence-electron chi connectivity index (χ1n) is 5.21. The molecule has 0 saturated carbocycles. The largest absolute Gasteiger partial charge is 0.710 e. The minimum Gasteiger partial charge on any atom is -0.710 e. The van der Waals surface area contributed by atoms with Crippen LogP contribution in [0.2, 0.25) is 0 Å². The molecule has 90 valence electrons. The Labute approximate surface area is 99.0 Å². The maximum absolute atomic E-state index is 11.9. The van der Waals surface area contributed by atoms with Crippen LogP contribution in [0.25, 0.3) is 11.4 Å². The van der Waals surface area contributed by atoms with Crippen LogP contribution in [0, 0.1) is 19.1 Å². The van der Waals surface area contributed by atoms with Crippen molar-refractivity contribution in [1.82, 2.24) is 4.73 Å². The lowest BCUT2D eigenvalue weighted by Crippen LogP contribution is -2.30. The monoisotopic (exact) mass is 234 g/mol. The smallest absolute Gasteiger partial charge is 0.331 e. The number of methoxy groups -OCH3 is 1. The third-order valence-electron chi connectivity index (χ3n) is 2.89. The standard InChI is InChI=1S/C12H14N2O3/c1-8-9(2)14(16)12(13(8)15)10-4-6-11(17-3)7-5-10/h4-7,15H,1-3H3. The maximum Gasteiger partial charge on any atom is 0.331 e. The molecule has 0 aliphatic carbocycles. The summed E-state index contributed by atoms with van der Waals surface area (Å²) in [4.78, 5) is 0. The molecule has 0 aliphatic heterocycles. The van der Waals surface area contributed by atoms with Gasteiger partial charge in [-0.3, -0.25) is 0 Å². The Balaban J connectivity index is 2.56. The molecule has 2 aromatic rings. The molecular formula is C12H14N2O3. The molecule has 0 saturated heterocycles. The van der Waals surface area contributed by atoms with Crippen LogP contribution in [0.1, 0.15) is 11.4 Å². The number of ether oxygens (including phenoxy) is 1. The molecule has 1 heterocycles. The van der Waals surface area contributed by atoms with E-state index >= 15 is 0 Å². The lowest BCUT2D eigenvalue weighted by Gasteiger charge is -2.04. The predicted molar refractivity (Wildman–Crippen MR) is 62.0 cm³/mol. The zero-order chi connectivity index (χ0) is 12.6. The van der Waals surface area contributed by atoms with Crippen LogP contribution in [0.5, 0.6) is 5.75 Å². The molecule has 0 aliphatic rings. The van der Waals surface area contributed by atoms with E-state index in [1.54, 1.807) is 45.2 Å². The quantitative estimate of drug-likeness (QED) is 0.488. The van der Waals surface area contributed by atoms with Crippen LogP contribution in [-0.2, 0) is 0 Å². The van der Waals surface area contributed by atoms with E-state index in [0.29, 0.717) is 22.7 Å². The van der Waals surface area contributed by atoms with Crippen molar-refractivity contribution in [2.75, 3.05) is 7.11 Å². The molecule has 0 amide bonds. The second-order valence-corrected chi connectivity index (χ2v) is 3.83. The molecule has 0 fully saturated rings. The Morgan fingerprint density at radius 3 is 2.24 bits per heavy atom. The van der Waals surface area contributed by atoms with Crippen molar-refractivity contribution >= 4 is 0 Å². The van der Waals surface area contributed by atoms with Gasteiger partial charge < -0.3 is 15.2 Å². The van der Waals surface area contributed by atoms with Gasteiger partial charge in [0.1, 0.15) is 11.4 Å². The van der Waals surface area contributed by atoms with E-state index in [1.165, 1.54) is 0 Å². The molecule has 0 radical (unpaired) electrons. The Hall–Kier alpha value is -2.17. The zero-order valence-corrected chi connectivity index (χ0v) is 9.97. The van der Waals surface area contributed by atoms with Crippen molar-refractivity contribution in [1.29, 1.82) is 0 Å². The Bertz CT molecular complexity index is 518. The molecule has 0 bridgehead atoms. The van der Waals surface area contributed by atoms with E-state index in [-0.39, 0.29) is 5.82 Å². The van der Waals surface area contributed by atoms with Crippen molar-refractivity contribution in [2.24, 2.45) is 0 Å². The van der Waals surface area contributed by atoms with Gasteiger partial charge in [-0.1, -0.05) is 0 Å². The highest BCUT2D eigenvalue weighted by Crippen LogP contribution is 2.21. The average molecular weight is 234 g/mol. The normalized spacial score (nSPS) is 10.5. The first-order chi connectivity index (χ1) is 8.06. The number of nitrogens with zero attached hydrogens (tertiary/aromatic N) is 2. The molecule has 0 unspecified atom stereocenters. The fourth-order valence-electron chi connectivity index (χ4n) is 1.68. The summed E-state index contributed by atoms with van der Waals surface area (Å²) in [6.45, 7) is 3.36. The molecular weight excluding hydrogens is 220 g/mol. The van der Waals surface area contributed by atoms with Crippen molar-refractivity contribution in [2.45, 2.75) is 13.8 Å². The van der Waals surface area contributed by atoms with E-state index < -0.39 is 0 Å². The second kappa shape index (κ2) is 4.01. The lowest BCUT2D eigenvalue weighted by atomic mass is 10.2. The Morgan fingerprint density at radius 2 is 1.82 bits per heavy atom. The van der Waals surface area contributed by atoms with Crippen LogP contribution in [0.15, 0.2) is 24.3 Å². The Morgan fingerprint density at radius 1 is 1.24 bits per heavy atom. The summed E-state index contributed by atoms with van der Waals surface area (Å²) in [7, 11) is 1.58. The fourth-order valence-corrected chi connectivity index (χ4v) is 1.68. The number of rotatable bonds is 2. The fraction of sp³-hybridized carbons (Fsp3) is 0.250. The summed E-state index contributed by atoms with van der Waals surface area (Å²) in [6.07, 6.45) is 0. The van der Waals surface area contributed by atoms with Crippen molar-refractivity contribution in [3.63, 3.8) is 0 Å². The predicted octanol–water partition coefficient (Wildman–Crippen LogP) is 1.65. The van der Waals surface area contributed by atoms with E-state index in [4.69, 9.17) is 4.74 Å². The van der Waals surface area contributed by atoms with Gasteiger partial charge in [-0.05, 0) is 29.0 Å². The van der Waals surface area contributed by atoms with Crippen LogP contribution in [0.4, 0.5) is 0 Å². The highest BCUT2D eigenvalue weighted by molar-refractivity contribution is 5.54. The summed E-state index contributed by atoms with van der Waals surface area (Å²) < 4.78 is 6.67. The van der Waals surface area contributed by atoms with Gasteiger partial charge in [-0.15, -0.1) is 0 Å². The molecule has 17 heavy (non-hydrogen) atoms. The van der Waals surface area contributed by atoms with E-state index in [9.17, 15) is 10.4 Å². The minimum absolute atomic E-state index is 0.211. The summed E-state index contributed by atoms with van der Waals surface area (Å²) in [5.41, 5.74) is 1.66. The summed E-state index contributed by atoms with van der Waals surface area (Å²) >= 11 is 0. The highest BCUT2D eigenvalue weighted by Gasteiger charge is 2.23. The minimum atomic E-state index is 0.211. The molecule has 2 rings (SSSR count). The van der Waals surface area contributed by atoms with Gasteiger partial charge in [0.2, 0.25) is 0 Å². The summed E-state index contributed by atoms with van der Waals surface area (Å²) in [5, 5.41) is 21.7. The maximum atomic E-state index is 11.9. The van der Waals surface area contributed by atoms with Gasteiger partial charge >= 0.3 is 5.82 Å². The average Bonchev–Trinajstić information content (AvgIpc) is 2.54. The zero-order valence-electron chi connectivity index (χ0n) is 9.97. The van der Waals surface area contributed by atoms with Crippen LogP contribution in [-0.4, -0.2) is 17.0 Å². The number of benzene rings is 1. The van der Waals surface area contributed by atoms with Gasteiger partial charge in [0.05, 0.1) is 12.7 Å². The van der Waals surface area contributed by atoms with Gasteiger partial charge in [0, 0.05) is 13.8 Å². The van der Waals surface area contributed by atoms with Crippen LogP contribution >= 0.6 is 0 Å². The number of imidazole rings is 1. The number of hydrogen-bond donors (Lipinski definition) is 1. The number of hydrogen-bond acceptors (Lipinski definition) is 3. The summed E-state index contributed by atoms with van der Waals surface area (Å²) in [5.74, 6) is 0.915. The third-order valence-corrected chi connectivity index (χ3v) is 2.89. The van der Waals surface area contributed by atoms with E-state index in [2.05, 4.69) is 0 Å². The molecule has 0 spiro atoms. The van der Waals surface area contributed by atoms with Gasteiger partial charge in [-0.25, -0.2) is 4.73 Å². The van der Waals surface area contributed by atoms with Gasteiger partial charge in [0.15, 0.2) is 5.69 Å². The second-order valence-electron chi connectivity index (χ2n) is 3.83. The molecule has 1 aromatic carbocycles. The third kappa shape index (κ3) is 1.69. The van der Waals surface area contributed by atoms with Crippen LogP contribution < -0.4 is 9.47 Å². The molecule has 5 nitrogen and oxygen atoms in total. The lowest BCUT2D eigenvalue weighted by molar-refractivity contribution is -0.600. The van der Waals surface area contributed by atoms with Gasteiger partial charge in [-0.2, -0.15) is 0 Å². The van der Waals surface area contributed by atoms with Gasteiger partial charge in [0.25, 0.3) is 0 Å². The molecule has 0 atom stereocenters. The summed E-state index contributed by atoms with van der Waals surface area (Å²) in [6, 6.07) is 6.95. The highest BCUT2D eigenvalue weighted by atomic mass is 16.5. The topological polar surface area (TPSA) is 61.3 Å². The van der Waals surface area contributed by atoms with Crippen LogP contribution in [0.3, 0.4) is 0 Å². The SMILES string of the molecule is COc1ccc(-c2n(O)c(C)c(C)[n+]2[O-])cc1. The Kier molecular flexibility index (Phi) is 2.67. The van der Waals surface area contributed by atoms with Crippen molar-refractivity contribution in [3.8, 4) is 17.1 Å². The van der Waals surface area contributed by atoms with E-state index in [1.807, 2.05) is 0 Å². The molecule has 1 aromatic heterocycles. The van der Waals surface area contributed by atoms with E-state index in [0.717, 1.165) is 9.46 Å². The first-order valence-corrected chi connectivity index (χ1v) is 5.21. The number of aromatic nitrogens is 2.